The van der Waals surface area contributed by atoms with Crippen molar-refractivity contribution in [3.8, 4) is 11.3 Å². The van der Waals surface area contributed by atoms with Gasteiger partial charge < -0.3 is 5.11 Å². The molecule has 6 heteroatoms. The Labute approximate surface area is 171 Å². The van der Waals surface area contributed by atoms with Crippen LogP contribution in [0.1, 0.15) is 73.5 Å². The van der Waals surface area contributed by atoms with Crippen LogP contribution in [0.2, 0.25) is 0 Å². The molecule has 0 bridgehead atoms. The van der Waals surface area contributed by atoms with Gasteiger partial charge in [0.2, 0.25) is 0 Å². The second kappa shape index (κ2) is 9.45. The van der Waals surface area contributed by atoms with Crippen molar-refractivity contribution in [2.24, 2.45) is 0 Å². The molecular formula is C23H28N4O2. The van der Waals surface area contributed by atoms with Crippen molar-refractivity contribution in [2.45, 2.75) is 58.9 Å². The van der Waals surface area contributed by atoms with E-state index in [0.29, 0.717) is 18.2 Å². The van der Waals surface area contributed by atoms with E-state index in [4.69, 9.17) is 10.1 Å². The smallest absolute Gasteiger partial charge is 0.337 e. The van der Waals surface area contributed by atoms with Crippen molar-refractivity contribution < 1.29 is 9.90 Å². The third-order valence-corrected chi connectivity index (χ3v) is 4.88. The van der Waals surface area contributed by atoms with E-state index in [2.05, 4.69) is 25.8 Å². The fourth-order valence-corrected chi connectivity index (χ4v) is 3.23. The molecule has 1 aromatic carbocycles. The van der Waals surface area contributed by atoms with Gasteiger partial charge in [-0.1, -0.05) is 57.9 Å². The Morgan fingerprint density at radius 2 is 1.90 bits per heavy atom. The zero-order chi connectivity index (χ0) is 20.8. The average Bonchev–Trinajstić information content (AvgIpc) is 3.12. The minimum atomic E-state index is -0.974. The van der Waals surface area contributed by atoms with E-state index in [1.165, 1.54) is 12.8 Å². The van der Waals surface area contributed by atoms with E-state index in [9.17, 15) is 9.90 Å². The molecule has 0 spiro atoms. The molecule has 0 saturated heterocycles. The summed E-state index contributed by atoms with van der Waals surface area (Å²) in [6.45, 7) is 7.06. The first-order chi connectivity index (χ1) is 14.0. The molecule has 3 aromatic rings. The van der Waals surface area contributed by atoms with Gasteiger partial charge in [-0.25, -0.2) is 14.5 Å². The van der Waals surface area contributed by atoms with Crippen LogP contribution in [0.3, 0.4) is 0 Å². The van der Waals surface area contributed by atoms with Gasteiger partial charge in [0.05, 0.1) is 17.8 Å². The molecule has 3 rings (SSSR count). The lowest BCUT2D eigenvalue weighted by atomic mass is 10.0. The Hall–Kier alpha value is -3.02. The Morgan fingerprint density at radius 3 is 2.55 bits per heavy atom. The fraction of sp³-hybridized carbons (Fsp3) is 0.391. The lowest BCUT2D eigenvalue weighted by molar-refractivity contribution is 0.0697. The van der Waals surface area contributed by atoms with Gasteiger partial charge in [-0.3, -0.25) is 4.98 Å². The van der Waals surface area contributed by atoms with E-state index < -0.39 is 5.97 Å². The topological polar surface area (TPSA) is 80.9 Å². The Kier molecular flexibility index (Phi) is 6.75. The van der Waals surface area contributed by atoms with E-state index in [0.717, 1.165) is 35.6 Å². The number of carbonyl (C=O) groups is 1. The highest BCUT2D eigenvalue weighted by Gasteiger charge is 2.14. The van der Waals surface area contributed by atoms with E-state index in [1.54, 1.807) is 18.3 Å². The number of benzene rings is 1. The molecule has 0 atom stereocenters. The predicted octanol–water partition coefficient (Wildman–Crippen LogP) is 4.94. The summed E-state index contributed by atoms with van der Waals surface area (Å²) in [5.41, 5.74) is 2.57. The summed E-state index contributed by atoms with van der Waals surface area (Å²) < 4.78 is 2.00. The van der Waals surface area contributed by atoms with E-state index in [-0.39, 0.29) is 5.56 Å². The third kappa shape index (κ3) is 5.08. The molecule has 0 saturated carbocycles. The maximum atomic E-state index is 11.4. The molecule has 1 N–H and O–H groups in total. The molecule has 0 fully saturated rings. The average molecular weight is 393 g/mol. The quantitative estimate of drug-likeness (QED) is 0.522. The van der Waals surface area contributed by atoms with Gasteiger partial charge in [-0.2, -0.15) is 5.10 Å². The molecule has 29 heavy (non-hydrogen) atoms. The zero-order valence-corrected chi connectivity index (χ0v) is 17.3. The molecular weight excluding hydrogens is 364 g/mol. The second-order valence-electron chi connectivity index (χ2n) is 7.56. The van der Waals surface area contributed by atoms with E-state index >= 15 is 0 Å². The first-order valence-electron chi connectivity index (χ1n) is 10.2. The summed E-state index contributed by atoms with van der Waals surface area (Å²) in [4.78, 5) is 20.5. The minimum Gasteiger partial charge on any atom is -0.478 e. The van der Waals surface area contributed by atoms with E-state index in [1.807, 2.05) is 28.9 Å². The number of unbranched alkanes of at least 4 members (excludes halogenated alkanes) is 2. The first-order valence-corrected chi connectivity index (χ1v) is 10.2. The molecule has 0 aliphatic heterocycles. The van der Waals surface area contributed by atoms with Gasteiger partial charge in [0, 0.05) is 24.1 Å². The molecule has 152 valence electrons. The summed E-state index contributed by atoms with van der Waals surface area (Å²) in [7, 11) is 0. The highest BCUT2D eigenvalue weighted by atomic mass is 16.4. The molecule has 0 unspecified atom stereocenters. The fourth-order valence-electron chi connectivity index (χ4n) is 3.23. The Balaban J connectivity index is 1.82. The van der Waals surface area contributed by atoms with Crippen LogP contribution in [0.15, 0.2) is 42.6 Å². The highest BCUT2D eigenvalue weighted by Crippen LogP contribution is 2.22. The largest absolute Gasteiger partial charge is 0.478 e. The summed E-state index contributed by atoms with van der Waals surface area (Å²) in [5, 5.41) is 14.1. The van der Waals surface area contributed by atoms with Gasteiger partial charge in [0.1, 0.15) is 5.82 Å². The maximum Gasteiger partial charge on any atom is 0.337 e. The van der Waals surface area contributed by atoms with Crippen LogP contribution in [-0.4, -0.2) is 30.8 Å². The molecule has 0 amide bonds. The van der Waals surface area contributed by atoms with Crippen molar-refractivity contribution in [1.29, 1.82) is 0 Å². The normalized spacial score (nSPS) is 11.2. The van der Waals surface area contributed by atoms with Crippen LogP contribution in [0.4, 0.5) is 0 Å². The number of rotatable bonds is 9. The monoisotopic (exact) mass is 392 g/mol. The molecule has 0 aliphatic rings. The van der Waals surface area contributed by atoms with Gasteiger partial charge >= 0.3 is 5.97 Å². The van der Waals surface area contributed by atoms with Crippen molar-refractivity contribution in [1.82, 2.24) is 19.7 Å². The van der Waals surface area contributed by atoms with Gasteiger partial charge in [0.25, 0.3) is 0 Å². The number of hydrogen-bond acceptors (Lipinski definition) is 4. The Bertz CT molecular complexity index is 961. The molecule has 0 radical (unpaired) electrons. The summed E-state index contributed by atoms with van der Waals surface area (Å²) in [6, 6.07) is 11.1. The van der Waals surface area contributed by atoms with Crippen LogP contribution in [0.25, 0.3) is 11.3 Å². The Morgan fingerprint density at radius 1 is 1.14 bits per heavy atom. The predicted molar refractivity (Wildman–Crippen MR) is 113 cm³/mol. The van der Waals surface area contributed by atoms with Gasteiger partial charge in [-0.05, 0) is 24.1 Å². The van der Waals surface area contributed by atoms with Gasteiger partial charge in [0.15, 0.2) is 5.82 Å². The van der Waals surface area contributed by atoms with Crippen LogP contribution in [-0.2, 0) is 13.0 Å². The number of hydrogen-bond donors (Lipinski definition) is 1. The van der Waals surface area contributed by atoms with Gasteiger partial charge in [-0.15, -0.1) is 0 Å². The molecule has 6 nitrogen and oxygen atoms in total. The lowest BCUT2D eigenvalue weighted by Crippen LogP contribution is -2.07. The summed E-state index contributed by atoms with van der Waals surface area (Å²) in [6.07, 6.45) is 6.03. The second-order valence-corrected chi connectivity index (χ2v) is 7.56. The number of aryl methyl sites for hydroxylation is 1. The molecule has 2 heterocycles. The minimum absolute atomic E-state index is 0.205. The highest BCUT2D eigenvalue weighted by molar-refractivity contribution is 5.94. The maximum absolute atomic E-state index is 11.4. The zero-order valence-electron chi connectivity index (χ0n) is 17.3. The number of nitrogens with zero attached hydrogens (tertiary/aromatic N) is 4. The standard InChI is InChI=1S/C23H28N4O2/c1-4-5-6-9-20-25-22(16(2)3)26-27(20)15-17-10-12-18(13-11-17)21-19(23(28)29)8-7-14-24-21/h7-8,10-14,16H,4-6,9,15H2,1-3H3,(H,28,29). The first kappa shape index (κ1) is 20.7. The van der Waals surface area contributed by atoms with Crippen LogP contribution >= 0.6 is 0 Å². The lowest BCUT2D eigenvalue weighted by Gasteiger charge is -2.08. The number of aromatic carboxylic acids is 1. The van der Waals surface area contributed by atoms with Crippen LogP contribution in [0, 0.1) is 0 Å². The van der Waals surface area contributed by atoms with Crippen LogP contribution in [0.5, 0.6) is 0 Å². The number of aromatic nitrogens is 4. The van der Waals surface area contributed by atoms with Crippen molar-refractivity contribution >= 4 is 5.97 Å². The summed E-state index contributed by atoms with van der Waals surface area (Å²) in [5.74, 6) is 1.23. The number of pyridine rings is 1. The summed E-state index contributed by atoms with van der Waals surface area (Å²) >= 11 is 0. The molecule has 0 aliphatic carbocycles. The van der Waals surface area contributed by atoms with Crippen molar-refractivity contribution in [2.75, 3.05) is 0 Å². The number of carboxylic acid groups (broad SMARTS) is 1. The van der Waals surface area contributed by atoms with Crippen LogP contribution < -0.4 is 0 Å². The molecule has 2 aromatic heterocycles. The van der Waals surface area contributed by atoms with Crippen molar-refractivity contribution in [3.63, 3.8) is 0 Å². The van der Waals surface area contributed by atoms with Crippen molar-refractivity contribution in [3.05, 3.63) is 65.4 Å². The SMILES string of the molecule is CCCCCc1nc(C(C)C)nn1Cc1ccc(-c2ncccc2C(=O)O)cc1. The third-order valence-electron chi connectivity index (χ3n) is 4.88. The number of carboxylic acids is 1.